The van der Waals surface area contributed by atoms with Crippen LogP contribution in [-0.2, 0) is 4.79 Å². The van der Waals surface area contributed by atoms with Gasteiger partial charge in [0.25, 0.3) is 0 Å². The van der Waals surface area contributed by atoms with Gasteiger partial charge in [0.2, 0.25) is 0 Å². The van der Waals surface area contributed by atoms with Crippen molar-refractivity contribution in [2.75, 3.05) is 5.32 Å². The van der Waals surface area contributed by atoms with E-state index in [0.29, 0.717) is 12.1 Å². The first-order chi connectivity index (χ1) is 10.1. The van der Waals surface area contributed by atoms with Gasteiger partial charge in [-0.2, -0.15) is 5.10 Å². The van der Waals surface area contributed by atoms with E-state index in [9.17, 15) is 4.79 Å². The van der Waals surface area contributed by atoms with Crippen molar-refractivity contribution in [2.45, 2.75) is 70.4 Å². The van der Waals surface area contributed by atoms with Gasteiger partial charge in [-0.05, 0) is 45.4 Å². The molecule has 2 N–H and O–H groups in total. The Hall–Kier alpha value is -1.52. The van der Waals surface area contributed by atoms with E-state index in [2.05, 4.69) is 22.0 Å². The predicted octanol–water partition coefficient (Wildman–Crippen LogP) is 3.36. The molecule has 0 aromatic carbocycles. The Morgan fingerprint density at radius 1 is 1.24 bits per heavy atom. The molecule has 0 bridgehead atoms. The number of carbonyl (C=O) groups is 1. The second-order valence-corrected chi connectivity index (χ2v) is 6.56. The van der Waals surface area contributed by atoms with Crippen LogP contribution in [0.5, 0.6) is 0 Å². The molecule has 0 radical (unpaired) electrons. The highest BCUT2D eigenvalue weighted by atomic mass is 16.4. The van der Waals surface area contributed by atoms with Crippen molar-refractivity contribution >= 4 is 11.7 Å². The molecule has 0 saturated heterocycles. The summed E-state index contributed by atoms with van der Waals surface area (Å²) in [7, 11) is 0. The summed E-state index contributed by atoms with van der Waals surface area (Å²) in [6.45, 7) is 2.14. The Bertz CT molecular complexity index is 498. The average Bonchev–Trinajstić information content (AvgIpc) is 3.10. The summed E-state index contributed by atoms with van der Waals surface area (Å²) in [4.78, 5) is 11.0. The summed E-state index contributed by atoms with van der Waals surface area (Å²) in [5, 5.41) is 17.2. The summed E-state index contributed by atoms with van der Waals surface area (Å²) in [6.07, 6.45) is 10.5. The lowest BCUT2D eigenvalue weighted by atomic mass is 9.86. The minimum absolute atomic E-state index is 0.148. The maximum Gasteiger partial charge on any atom is 0.306 e. The zero-order chi connectivity index (χ0) is 14.8. The molecule has 2 aliphatic rings. The molecule has 5 heteroatoms. The Kier molecular flexibility index (Phi) is 4.17. The number of hydrogen-bond donors (Lipinski definition) is 2. The molecule has 0 atom stereocenters. The molecular formula is C16H25N3O2. The number of aliphatic carboxylic acids is 1. The van der Waals surface area contributed by atoms with Crippen LogP contribution in [0.25, 0.3) is 0 Å². The van der Waals surface area contributed by atoms with Gasteiger partial charge in [-0.3, -0.25) is 9.48 Å². The first kappa shape index (κ1) is 14.4. The fraction of sp³-hybridized carbons (Fsp3) is 0.750. The van der Waals surface area contributed by atoms with Crippen LogP contribution in [-0.4, -0.2) is 26.9 Å². The molecule has 1 aromatic rings. The Morgan fingerprint density at radius 2 is 1.90 bits per heavy atom. The van der Waals surface area contributed by atoms with E-state index in [1.807, 2.05) is 6.20 Å². The molecule has 2 aliphatic carbocycles. The summed E-state index contributed by atoms with van der Waals surface area (Å²) >= 11 is 0. The van der Waals surface area contributed by atoms with Gasteiger partial charge < -0.3 is 10.4 Å². The largest absolute Gasteiger partial charge is 0.481 e. The van der Waals surface area contributed by atoms with E-state index in [1.165, 1.54) is 31.4 Å². The van der Waals surface area contributed by atoms with Gasteiger partial charge >= 0.3 is 5.97 Å². The molecule has 2 fully saturated rings. The van der Waals surface area contributed by atoms with Crippen molar-refractivity contribution < 1.29 is 9.90 Å². The molecule has 21 heavy (non-hydrogen) atoms. The van der Waals surface area contributed by atoms with Crippen LogP contribution in [0.1, 0.15) is 63.1 Å². The van der Waals surface area contributed by atoms with Gasteiger partial charge in [0, 0.05) is 6.04 Å². The van der Waals surface area contributed by atoms with Crippen molar-refractivity contribution in [3.63, 3.8) is 0 Å². The molecule has 1 aromatic heterocycles. The van der Waals surface area contributed by atoms with Crippen molar-refractivity contribution in [3.05, 3.63) is 11.9 Å². The lowest BCUT2D eigenvalue weighted by Gasteiger charge is -2.27. The number of nitrogens with zero attached hydrogens (tertiary/aromatic N) is 2. The lowest BCUT2D eigenvalue weighted by molar-refractivity contribution is -0.142. The van der Waals surface area contributed by atoms with Crippen LogP contribution in [0.15, 0.2) is 6.20 Å². The quantitative estimate of drug-likeness (QED) is 0.892. The van der Waals surface area contributed by atoms with Crippen LogP contribution >= 0.6 is 0 Å². The van der Waals surface area contributed by atoms with Crippen molar-refractivity contribution in [2.24, 2.45) is 5.92 Å². The van der Waals surface area contributed by atoms with E-state index in [4.69, 9.17) is 5.11 Å². The minimum atomic E-state index is -0.640. The third-order valence-electron chi connectivity index (χ3n) is 5.15. The molecular weight excluding hydrogens is 266 g/mol. The number of rotatable bonds is 4. The van der Waals surface area contributed by atoms with Crippen LogP contribution in [0.3, 0.4) is 0 Å². The van der Waals surface area contributed by atoms with Gasteiger partial charge in [0.15, 0.2) is 0 Å². The maximum absolute atomic E-state index is 11.0. The molecule has 5 nitrogen and oxygen atoms in total. The zero-order valence-corrected chi connectivity index (χ0v) is 12.7. The molecule has 0 amide bonds. The first-order valence-electron chi connectivity index (χ1n) is 8.18. The standard InChI is InChI=1S/C16H25N3O2/c1-11-15(10-17-19(11)14-4-2-3-5-14)18-13-8-6-12(7-9-13)16(20)21/h10,12-14,18H,2-9H2,1H3,(H,20,21). The number of nitrogens with one attached hydrogen (secondary N) is 1. The number of carboxylic acids is 1. The Labute approximate surface area is 125 Å². The van der Waals surface area contributed by atoms with Gasteiger partial charge in [0.1, 0.15) is 0 Å². The lowest BCUT2D eigenvalue weighted by Crippen LogP contribution is -2.29. The van der Waals surface area contributed by atoms with E-state index in [1.54, 1.807) is 0 Å². The smallest absolute Gasteiger partial charge is 0.306 e. The molecule has 3 rings (SSSR count). The second-order valence-electron chi connectivity index (χ2n) is 6.56. The summed E-state index contributed by atoms with van der Waals surface area (Å²) in [5.74, 6) is -0.788. The van der Waals surface area contributed by atoms with E-state index < -0.39 is 5.97 Å². The normalized spacial score (nSPS) is 26.9. The Morgan fingerprint density at radius 3 is 2.52 bits per heavy atom. The maximum atomic E-state index is 11.0. The third-order valence-corrected chi connectivity index (χ3v) is 5.15. The van der Waals surface area contributed by atoms with Crippen molar-refractivity contribution in [1.82, 2.24) is 9.78 Å². The van der Waals surface area contributed by atoms with Gasteiger partial charge in [0.05, 0.1) is 29.5 Å². The molecule has 0 spiro atoms. The summed E-state index contributed by atoms with van der Waals surface area (Å²) in [5.41, 5.74) is 2.35. The predicted molar refractivity (Wildman–Crippen MR) is 81.5 cm³/mol. The van der Waals surface area contributed by atoms with Gasteiger partial charge in [-0.25, -0.2) is 0 Å². The van der Waals surface area contributed by atoms with Gasteiger partial charge in [-0.15, -0.1) is 0 Å². The molecule has 2 saturated carbocycles. The van der Waals surface area contributed by atoms with E-state index >= 15 is 0 Å². The van der Waals surface area contributed by atoms with Crippen molar-refractivity contribution in [1.29, 1.82) is 0 Å². The first-order valence-corrected chi connectivity index (χ1v) is 8.18. The van der Waals surface area contributed by atoms with Crippen LogP contribution in [0.2, 0.25) is 0 Å². The highest BCUT2D eigenvalue weighted by Crippen LogP contribution is 2.33. The number of anilines is 1. The molecule has 116 valence electrons. The van der Waals surface area contributed by atoms with Gasteiger partial charge in [-0.1, -0.05) is 12.8 Å². The number of carboxylic acid groups (broad SMARTS) is 1. The molecule has 1 heterocycles. The summed E-state index contributed by atoms with van der Waals surface area (Å²) in [6, 6.07) is 0.962. The van der Waals surface area contributed by atoms with E-state index in [-0.39, 0.29) is 5.92 Å². The highest BCUT2D eigenvalue weighted by molar-refractivity contribution is 5.70. The second kappa shape index (κ2) is 6.08. The minimum Gasteiger partial charge on any atom is -0.481 e. The van der Waals surface area contributed by atoms with Crippen LogP contribution < -0.4 is 5.32 Å². The topological polar surface area (TPSA) is 67.2 Å². The van der Waals surface area contributed by atoms with E-state index in [0.717, 1.165) is 31.4 Å². The number of aromatic nitrogens is 2. The monoisotopic (exact) mass is 291 g/mol. The summed E-state index contributed by atoms with van der Waals surface area (Å²) < 4.78 is 2.18. The molecule has 0 unspecified atom stereocenters. The van der Waals surface area contributed by atoms with Crippen LogP contribution in [0.4, 0.5) is 5.69 Å². The average molecular weight is 291 g/mol. The SMILES string of the molecule is Cc1c(NC2CCC(C(=O)O)CC2)cnn1C1CCCC1. The third kappa shape index (κ3) is 3.06. The Balaban J connectivity index is 1.60. The van der Waals surface area contributed by atoms with Crippen molar-refractivity contribution in [3.8, 4) is 0 Å². The fourth-order valence-electron chi connectivity index (χ4n) is 3.79. The van der Waals surface area contributed by atoms with Crippen LogP contribution in [0, 0.1) is 12.8 Å². The number of hydrogen-bond acceptors (Lipinski definition) is 3. The highest BCUT2D eigenvalue weighted by Gasteiger charge is 2.27. The fourth-order valence-corrected chi connectivity index (χ4v) is 3.79. The zero-order valence-electron chi connectivity index (χ0n) is 12.7. The molecule has 0 aliphatic heterocycles.